The number of aliphatic hydroxyl groups excluding tert-OH is 1. The summed E-state index contributed by atoms with van der Waals surface area (Å²) in [5.41, 5.74) is 3.14. The number of aromatic amines is 1. The van der Waals surface area contributed by atoms with E-state index in [0.29, 0.717) is 16.7 Å². The number of hydrogen-bond acceptors (Lipinski definition) is 8. The van der Waals surface area contributed by atoms with Crippen LogP contribution in [0.4, 0.5) is 5.69 Å². The summed E-state index contributed by atoms with van der Waals surface area (Å²) in [6.45, 7) is 0.135. The number of aromatic nitrogens is 2. The number of carbonyl (C=O) groups is 3. The highest BCUT2D eigenvalue weighted by Gasteiger charge is 2.29. The van der Waals surface area contributed by atoms with Gasteiger partial charge in [-0.3, -0.25) is 18.6 Å². The standard InChI is InChI=1S/C31H37N5O7S/c1-4-14-36(26-11-7-20-16-25-23(17-22(20)26)30(40)35-27(18-37)33-25)21-8-5-19(6-9-21)29(39)34-24(31(41)42)10-12-28(38)32-13-15-44(2,3)43/h1,5-6,8-9,16-17,24,26,37,44H,7,10-15,18H2,2-3H3,(H,32,38)(H,34,39)(H,41,42)(H,33,35,40)/t24-,26-/m0/s1. The van der Waals surface area contributed by atoms with Crippen molar-refractivity contribution in [3.05, 3.63) is 69.3 Å². The molecule has 0 bridgehead atoms. The Balaban J connectivity index is 1.45. The maximum atomic E-state index is 12.9. The molecule has 1 heterocycles. The summed E-state index contributed by atoms with van der Waals surface area (Å²) < 4.78 is 11.8. The lowest BCUT2D eigenvalue weighted by molar-refractivity contribution is -0.139. The minimum atomic E-state index is -2.28. The van der Waals surface area contributed by atoms with E-state index in [1.54, 1.807) is 36.8 Å². The summed E-state index contributed by atoms with van der Waals surface area (Å²) in [4.78, 5) is 58.4. The van der Waals surface area contributed by atoms with Crippen LogP contribution in [0.5, 0.6) is 0 Å². The first-order chi connectivity index (χ1) is 20.9. The highest BCUT2D eigenvalue weighted by molar-refractivity contribution is 8.01. The van der Waals surface area contributed by atoms with Gasteiger partial charge in [-0.2, -0.15) is 0 Å². The second kappa shape index (κ2) is 13.8. The minimum Gasteiger partial charge on any atom is -0.480 e. The number of thiol groups is 1. The van der Waals surface area contributed by atoms with Crippen molar-refractivity contribution in [2.24, 2.45) is 0 Å². The topological polar surface area (TPSA) is 182 Å². The largest absolute Gasteiger partial charge is 0.480 e. The number of terminal acetylenes is 1. The predicted octanol–water partition coefficient (Wildman–Crippen LogP) is 0.898. The lowest BCUT2D eigenvalue weighted by atomic mass is 10.0. The van der Waals surface area contributed by atoms with Crippen molar-refractivity contribution in [3.8, 4) is 12.3 Å². The molecule has 1 aliphatic rings. The van der Waals surface area contributed by atoms with Gasteiger partial charge in [0.2, 0.25) is 5.91 Å². The number of carboxylic acid groups (broad SMARTS) is 1. The van der Waals surface area contributed by atoms with Crippen molar-refractivity contribution in [1.29, 1.82) is 0 Å². The van der Waals surface area contributed by atoms with Gasteiger partial charge in [-0.05, 0) is 79.3 Å². The van der Waals surface area contributed by atoms with Gasteiger partial charge in [0, 0.05) is 30.0 Å². The Morgan fingerprint density at radius 1 is 1.23 bits per heavy atom. The lowest BCUT2D eigenvalue weighted by Crippen LogP contribution is -2.42. The van der Waals surface area contributed by atoms with Crippen LogP contribution in [0.2, 0.25) is 0 Å². The van der Waals surface area contributed by atoms with Crippen LogP contribution >= 0.6 is 0 Å². The molecule has 0 fully saturated rings. The number of carboxylic acids is 1. The number of anilines is 1. The molecule has 0 aliphatic heterocycles. The molecule has 2 atom stereocenters. The van der Waals surface area contributed by atoms with Gasteiger partial charge in [0.1, 0.15) is 18.5 Å². The van der Waals surface area contributed by atoms with E-state index in [9.17, 15) is 33.6 Å². The van der Waals surface area contributed by atoms with Gasteiger partial charge in [0.25, 0.3) is 11.5 Å². The number of fused-ring (bicyclic) bond motifs is 2. The predicted molar refractivity (Wildman–Crippen MR) is 169 cm³/mol. The van der Waals surface area contributed by atoms with Gasteiger partial charge in [-0.15, -0.1) is 16.4 Å². The van der Waals surface area contributed by atoms with Crippen LogP contribution in [0, 0.1) is 12.3 Å². The Bertz CT molecular complexity index is 1710. The maximum absolute atomic E-state index is 12.9. The molecule has 5 N–H and O–H groups in total. The number of amides is 2. The zero-order chi connectivity index (χ0) is 32.0. The molecule has 12 nitrogen and oxygen atoms in total. The zero-order valence-electron chi connectivity index (χ0n) is 24.6. The highest BCUT2D eigenvalue weighted by Crippen LogP contribution is 2.39. The van der Waals surface area contributed by atoms with Crippen LogP contribution in [0.3, 0.4) is 0 Å². The fourth-order valence-electron chi connectivity index (χ4n) is 5.28. The summed E-state index contributed by atoms with van der Waals surface area (Å²) in [6.07, 6.45) is 10.2. The molecule has 234 valence electrons. The summed E-state index contributed by atoms with van der Waals surface area (Å²) in [5, 5.41) is 24.5. The Hall–Kier alpha value is -4.54. The van der Waals surface area contributed by atoms with Gasteiger partial charge in [0.15, 0.2) is 0 Å². The van der Waals surface area contributed by atoms with Crippen molar-refractivity contribution in [1.82, 2.24) is 20.6 Å². The van der Waals surface area contributed by atoms with E-state index in [-0.39, 0.29) is 61.4 Å². The molecule has 0 saturated heterocycles. The van der Waals surface area contributed by atoms with E-state index < -0.39 is 27.9 Å². The fourth-order valence-corrected chi connectivity index (χ4v) is 5.93. The quantitative estimate of drug-likeness (QED) is 0.119. The third-order valence-corrected chi connectivity index (χ3v) is 8.85. The van der Waals surface area contributed by atoms with Crippen LogP contribution in [-0.2, 0) is 32.5 Å². The van der Waals surface area contributed by atoms with Gasteiger partial charge >= 0.3 is 5.97 Å². The minimum absolute atomic E-state index is 0.105. The van der Waals surface area contributed by atoms with E-state index in [1.807, 2.05) is 17.0 Å². The number of nitrogens with zero attached hydrogens (tertiary/aromatic N) is 2. The molecule has 3 aromatic rings. The summed E-state index contributed by atoms with van der Waals surface area (Å²) in [5.74, 6) is 0.992. The van der Waals surface area contributed by atoms with Gasteiger partial charge < -0.3 is 30.7 Å². The molecule has 0 radical (unpaired) electrons. The van der Waals surface area contributed by atoms with Crippen molar-refractivity contribution in [2.75, 3.05) is 36.3 Å². The second-order valence-corrected chi connectivity index (χ2v) is 14.8. The van der Waals surface area contributed by atoms with E-state index in [4.69, 9.17) is 6.42 Å². The van der Waals surface area contributed by atoms with Crippen molar-refractivity contribution < 1.29 is 28.8 Å². The number of carbonyl (C=O) groups excluding carboxylic acids is 2. The summed E-state index contributed by atoms with van der Waals surface area (Å²) in [7, 11) is -2.28. The third kappa shape index (κ3) is 7.89. The number of aryl methyl sites for hydroxylation is 1. The number of rotatable bonds is 13. The molecule has 2 amide bonds. The number of aliphatic hydroxyl groups is 1. The zero-order valence-corrected chi connectivity index (χ0v) is 25.5. The summed E-state index contributed by atoms with van der Waals surface area (Å²) in [6, 6.07) is 8.91. The van der Waals surface area contributed by atoms with Crippen molar-refractivity contribution >= 4 is 44.3 Å². The molecule has 44 heavy (non-hydrogen) atoms. The Morgan fingerprint density at radius 2 is 1.95 bits per heavy atom. The molecular weight excluding hydrogens is 586 g/mol. The number of nitrogens with one attached hydrogen (secondary N) is 3. The molecule has 2 aromatic carbocycles. The number of benzene rings is 2. The molecule has 1 aliphatic carbocycles. The fraction of sp³-hybridized carbons (Fsp3) is 0.387. The average molecular weight is 624 g/mol. The number of H-pyrrole nitrogens is 1. The molecule has 1 aromatic heterocycles. The average Bonchev–Trinajstić information content (AvgIpc) is 3.38. The van der Waals surface area contributed by atoms with E-state index in [1.165, 1.54) is 0 Å². The van der Waals surface area contributed by atoms with Gasteiger partial charge in [-0.25, -0.2) is 9.78 Å². The lowest BCUT2D eigenvalue weighted by Gasteiger charge is -2.30. The van der Waals surface area contributed by atoms with Crippen molar-refractivity contribution in [3.63, 3.8) is 0 Å². The van der Waals surface area contributed by atoms with Crippen LogP contribution in [0.15, 0.2) is 41.2 Å². The molecule has 4 rings (SSSR count). The molecule has 0 unspecified atom stereocenters. The SMILES string of the molecule is C#CCN(c1ccc(C(=O)N[C@@H](CCC(=O)NCC[SH](C)(C)=O)C(=O)O)cc1)[C@H]1CCc2cc3nc(CO)[nH]c(=O)c3cc21. The normalized spacial score (nSPS) is 15.2. The molecule has 0 spiro atoms. The first-order valence-corrected chi connectivity index (χ1v) is 17.0. The van der Waals surface area contributed by atoms with E-state index >= 15 is 0 Å². The van der Waals surface area contributed by atoms with Gasteiger partial charge in [-0.1, -0.05) is 5.92 Å². The molecular formula is C31H37N5O7S. The first-order valence-electron chi connectivity index (χ1n) is 14.2. The number of aliphatic carboxylic acids is 1. The smallest absolute Gasteiger partial charge is 0.326 e. The molecule has 0 saturated carbocycles. The van der Waals surface area contributed by atoms with Crippen LogP contribution < -0.4 is 21.1 Å². The Labute approximate surface area is 255 Å². The Morgan fingerprint density at radius 3 is 2.59 bits per heavy atom. The number of hydrogen-bond donors (Lipinski definition) is 6. The second-order valence-electron chi connectivity index (χ2n) is 11.2. The van der Waals surface area contributed by atoms with Crippen molar-refractivity contribution in [2.45, 2.75) is 44.4 Å². The summed E-state index contributed by atoms with van der Waals surface area (Å²) >= 11 is 0. The van der Waals surface area contributed by atoms with E-state index in [2.05, 4.69) is 26.5 Å². The molecule has 13 heteroatoms. The van der Waals surface area contributed by atoms with Crippen LogP contribution in [0.25, 0.3) is 10.9 Å². The maximum Gasteiger partial charge on any atom is 0.326 e. The third-order valence-electron chi connectivity index (χ3n) is 7.55. The Kier molecular flexibility index (Phi) is 10.2. The highest BCUT2D eigenvalue weighted by atomic mass is 32.2. The van der Waals surface area contributed by atoms with Crippen LogP contribution in [0.1, 0.15) is 52.6 Å². The first kappa shape index (κ1) is 32.4. The van der Waals surface area contributed by atoms with Crippen LogP contribution in [-0.4, -0.2) is 79.6 Å². The van der Waals surface area contributed by atoms with Gasteiger partial charge in [0.05, 0.1) is 23.5 Å². The van der Waals surface area contributed by atoms with E-state index in [0.717, 1.165) is 29.7 Å². The monoisotopic (exact) mass is 623 g/mol.